The highest BCUT2D eigenvalue weighted by Gasteiger charge is 2.21. The van der Waals surface area contributed by atoms with Crippen molar-refractivity contribution >= 4 is 29.9 Å². The van der Waals surface area contributed by atoms with Gasteiger partial charge in [0.15, 0.2) is 5.96 Å². The van der Waals surface area contributed by atoms with Gasteiger partial charge in [0.05, 0.1) is 0 Å². The third-order valence-electron chi connectivity index (χ3n) is 2.54. The summed E-state index contributed by atoms with van der Waals surface area (Å²) in [4.78, 5) is 4.54. The van der Waals surface area contributed by atoms with E-state index in [-0.39, 0.29) is 24.0 Å². The van der Waals surface area contributed by atoms with Crippen molar-refractivity contribution in [1.82, 2.24) is 10.6 Å². The van der Waals surface area contributed by atoms with Crippen LogP contribution in [0.2, 0.25) is 0 Å². The minimum Gasteiger partial charge on any atom is -0.385 e. The van der Waals surface area contributed by atoms with Gasteiger partial charge in [0.25, 0.3) is 0 Å². The quantitative estimate of drug-likeness (QED) is 0.304. The Morgan fingerprint density at radius 1 is 1.29 bits per heavy atom. The van der Waals surface area contributed by atoms with Gasteiger partial charge < -0.3 is 15.4 Å². The first kappa shape index (κ1) is 17.0. The van der Waals surface area contributed by atoms with Crippen LogP contribution in [0.25, 0.3) is 0 Å². The molecule has 0 aromatic carbocycles. The number of hydrogen-bond acceptors (Lipinski definition) is 2. The molecular formula is C12H26IN3O. The largest absolute Gasteiger partial charge is 0.385 e. The highest BCUT2D eigenvalue weighted by atomic mass is 127. The Morgan fingerprint density at radius 3 is 2.65 bits per heavy atom. The molecule has 2 N–H and O–H groups in total. The summed E-state index contributed by atoms with van der Waals surface area (Å²) in [7, 11) is 1.75. The molecule has 0 unspecified atom stereocenters. The SMILES string of the molecule is CCNC(=NCCCCCOC)NC1CC1.I. The average Bonchev–Trinajstić information content (AvgIpc) is 3.07. The van der Waals surface area contributed by atoms with E-state index in [1.165, 1.54) is 19.3 Å². The Morgan fingerprint density at radius 2 is 2.06 bits per heavy atom. The lowest BCUT2D eigenvalue weighted by atomic mass is 10.2. The maximum absolute atomic E-state index is 5.01. The van der Waals surface area contributed by atoms with Gasteiger partial charge in [-0.25, -0.2) is 0 Å². The number of guanidine groups is 1. The molecule has 0 spiro atoms. The van der Waals surface area contributed by atoms with Gasteiger partial charge in [0, 0.05) is 32.8 Å². The number of aliphatic imine (C=N–C) groups is 1. The first-order chi connectivity index (χ1) is 7.86. The molecule has 4 nitrogen and oxygen atoms in total. The molecule has 0 aromatic rings. The standard InChI is InChI=1S/C12H25N3O.HI/c1-3-13-12(15-11-7-8-11)14-9-5-4-6-10-16-2;/h11H,3-10H2,1-2H3,(H2,13,14,15);1H. The number of nitrogens with one attached hydrogen (secondary N) is 2. The molecule has 0 aliphatic heterocycles. The van der Waals surface area contributed by atoms with Crippen molar-refractivity contribution in [2.75, 3.05) is 26.8 Å². The van der Waals surface area contributed by atoms with Gasteiger partial charge in [-0.05, 0) is 39.0 Å². The van der Waals surface area contributed by atoms with E-state index >= 15 is 0 Å². The van der Waals surface area contributed by atoms with E-state index in [4.69, 9.17) is 4.74 Å². The van der Waals surface area contributed by atoms with Crippen LogP contribution in [-0.4, -0.2) is 38.8 Å². The summed E-state index contributed by atoms with van der Waals surface area (Å²) in [6, 6.07) is 0.672. The molecule has 17 heavy (non-hydrogen) atoms. The lowest BCUT2D eigenvalue weighted by Crippen LogP contribution is -2.38. The fourth-order valence-electron chi connectivity index (χ4n) is 1.47. The number of hydrogen-bond donors (Lipinski definition) is 2. The highest BCUT2D eigenvalue weighted by Crippen LogP contribution is 2.18. The zero-order valence-corrected chi connectivity index (χ0v) is 13.3. The molecule has 0 saturated heterocycles. The lowest BCUT2D eigenvalue weighted by molar-refractivity contribution is 0.192. The monoisotopic (exact) mass is 355 g/mol. The van der Waals surface area contributed by atoms with Gasteiger partial charge in [-0.2, -0.15) is 0 Å². The Bertz CT molecular complexity index is 208. The predicted octanol–water partition coefficient (Wildman–Crippen LogP) is 2.14. The Hall–Kier alpha value is -0.0400. The second-order valence-corrected chi connectivity index (χ2v) is 4.23. The van der Waals surface area contributed by atoms with Crippen molar-refractivity contribution < 1.29 is 4.74 Å². The average molecular weight is 355 g/mol. The van der Waals surface area contributed by atoms with Crippen molar-refractivity contribution in [2.45, 2.75) is 45.1 Å². The van der Waals surface area contributed by atoms with E-state index < -0.39 is 0 Å². The second-order valence-electron chi connectivity index (χ2n) is 4.23. The third-order valence-corrected chi connectivity index (χ3v) is 2.54. The van der Waals surface area contributed by atoms with Gasteiger partial charge in [0.2, 0.25) is 0 Å². The molecule has 5 heteroatoms. The van der Waals surface area contributed by atoms with Crippen molar-refractivity contribution in [3.63, 3.8) is 0 Å². The summed E-state index contributed by atoms with van der Waals surface area (Å²) >= 11 is 0. The molecule has 1 aliphatic rings. The number of unbranched alkanes of at least 4 members (excludes halogenated alkanes) is 2. The van der Waals surface area contributed by atoms with Crippen LogP contribution in [0, 0.1) is 0 Å². The number of rotatable bonds is 8. The van der Waals surface area contributed by atoms with Crippen molar-refractivity contribution in [1.29, 1.82) is 0 Å². The molecule has 102 valence electrons. The molecule has 0 aromatic heterocycles. The van der Waals surface area contributed by atoms with E-state index in [1.807, 2.05) is 0 Å². The van der Waals surface area contributed by atoms with Crippen molar-refractivity contribution in [3.8, 4) is 0 Å². The van der Waals surface area contributed by atoms with Crippen LogP contribution < -0.4 is 10.6 Å². The molecule has 0 heterocycles. The molecule has 0 radical (unpaired) electrons. The third kappa shape index (κ3) is 9.64. The Labute approximate surface area is 122 Å². The molecule has 1 aliphatic carbocycles. The van der Waals surface area contributed by atoms with Gasteiger partial charge in [0.1, 0.15) is 0 Å². The van der Waals surface area contributed by atoms with E-state index in [0.717, 1.165) is 38.5 Å². The smallest absolute Gasteiger partial charge is 0.191 e. The zero-order valence-electron chi connectivity index (χ0n) is 11.0. The van der Waals surface area contributed by atoms with Gasteiger partial charge in [-0.1, -0.05) is 0 Å². The van der Waals surface area contributed by atoms with E-state index in [0.29, 0.717) is 6.04 Å². The fraction of sp³-hybridized carbons (Fsp3) is 0.917. The summed E-state index contributed by atoms with van der Waals surface area (Å²) in [5.41, 5.74) is 0. The summed E-state index contributed by atoms with van der Waals surface area (Å²) in [5, 5.41) is 6.68. The van der Waals surface area contributed by atoms with Crippen LogP contribution in [0.3, 0.4) is 0 Å². The maximum atomic E-state index is 5.01. The minimum absolute atomic E-state index is 0. The van der Waals surface area contributed by atoms with Crippen molar-refractivity contribution in [3.05, 3.63) is 0 Å². The Balaban J connectivity index is 0.00000256. The normalized spacial score (nSPS) is 15.3. The number of methoxy groups -OCH3 is 1. The highest BCUT2D eigenvalue weighted by molar-refractivity contribution is 14.0. The molecule has 1 fully saturated rings. The topological polar surface area (TPSA) is 45.7 Å². The van der Waals surface area contributed by atoms with Gasteiger partial charge >= 0.3 is 0 Å². The molecule has 1 saturated carbocycles. The number of halogens is 1. The first-order valence-electron chi connectivity index (χ1n) is 6.40. The van der Waals surface area contributed by atoms with Gasteiger partial charge in [-0.3, -0.25) is 4.99 Å². The summed E-state index contributed by atoms with van der Waals surface area (Å²) in [5.74, 6) is 0.983. The first-order valence-corrected chi connectivity index (χ1v) is 6.40. The number of nitrogens with zero attached hydrogens (tertiary/aromatic N) is 1. The van der Waals surface area contributed by atoms with Crippen molar-refractivity contribution in [2.24, 2.45) is 4.99 Å². The summed E-state index contributed by atoms with van der Waals surface area (Å²) in [6.07, 6.45) is 6.06. The maximum Gasteiger partial charge on any atom is 0.191 e. The molecule has 1 rings (SSSR count). The molecule has 0 atom stereocenters. The molecular weight excluding hydrogens is 329 g/mol. The van der Waals surface area contributed by atoms with Gasteiger partial charge in [-0.15, -0.1) is 24.0 Å². The Kier molecular flexibility index (Phi) is 11.0. The zero-order chi connectivity index (χ0) is 11.6. The second kappa shape index (κ2) is 11.1. The van der Waals surface area contributed by atoms with Crippen LogP contribution >= 0.6 is 24.0 Å². The van der Waals surface area contributed by atoms with Crippen LogP contribution in [0.15, 0.2) is 4.99 Å². The van der Waals surface area contributed by atoms with Crippen LogP contribution in [0.1, 0.15) is 39.0 Å². The fourth-order valence-corrected chi connectivity index (χ4v) is 1.47. The molecule has 0 bridgehead atoms. The van der Waals surface area contributed by atoms with E-state index in [9.17, 15) is 0 Å². The van der Waals surface area contributed by atoms with E-state index in [1.54, 1.807) is 7.11 Å². The van der Waals surface area contributed by atoms with Crippen LogP contribution in [0.4, 0.5) is 0 Å². The lowest BCUT2D eigenvalue weighted by Gasteiger charge is -2.09. The minimum atomic E-state index is 0. The summed E-state index contributed by atoms with van der Waals surface area (Å²) < 4.78 is 5.01. The number of ether oxygens (including phenoxy) is 1. The predicted molar refractivity (Wildman–Crippen MR) is 83.3 cm³/mol. The van der Waals surface area contributed by atoms with E-state index in [2.05, 4.69) is 22.5 Å². The van der Waals surface area contributed by atoms with Crippen LogP contribution in [-0.2, 0) is 4.74 Å². The molecule has 0 amide bonds. The van der Waals surface area contributed by atoms with Crippen LogP contribution in [0.5, 0.6) is 0 Å². The summed E-state index contributed by atoms with van der Waals surface area (Å²) in [6.45, 7) is 4.81.